The third-order valence-electron chi connectivity index (χ3n) is 6.33. The fraction of sp³-hybridized carbons (Fsp3) is 0.152. The Morgan fingerprint density at radius 1 is 0.881 bits per heavy atom. The van der Waals surface area contributed by atoms with Crippen LogP contribution in [0.25, 0.3) is 10.9 Å². The number of rotatable bonds is 9. The van der Waals surface area contributed by atoms with E-state index >= 15 is 0 Å². The number of carbonyl (C=O) groups excluding carboxylic acids is 2. The Hall–Kier alpha value is -5.44. The molecule has 212 valence electrons. The molecule has 5 rings (SSSR count). The van der Waals surface area contributed by atoms with Crippen molar-refractivity contribution >= 4 is 28.7 Å². The van der Waals surface area contributed by atoms with Crippen molar-refractivity contribution in [3.63, 3.8) is 0 Å². The van der Waals surface area contributed by atoms with Gasteiger partial charge in [0, 0.05) is 0 Å². The fourth-order valence-electron chi connectivity index (χ4n) is 4.15. The number of alkyl carbamates (subject to hydrolysis) is 1. The molecule has 1 heterocycles. The number of hydrogen-bond acceptors (Lipinski definition) is 8. The van der Waals surface area contributed by atoms with E-state index in [2.05, 4.69) is 15.3 Å². The van der Waals surface area contributed by atoms with E-state index in [9.17, 15) is 9.59 Å². The standard InChI is InChI=1S/C33H29N3O6/c1-22(34-33(38)41-21-24-13-7-4-8-14-24)30-35-28-16-10-9-15-26(28)31(42-30)36-29-18-17-25(19-27(29)32(37)39-2)40-20-23-11-5-3-6-12-23/h3-19,22H,20-21H2,1-2H3,(H,34,38)/t22-/m0/s1. The number of benzene rings is 4. The van der Waals surface area contributed by atoms with Crippen LogP contribution in [0, 0.1) is 0 Å². The second-order valence-corrected chi connectivity index (χ2v) is 9.36. The zero-order valence-electron chi connectivity index (χ0n) is 23.2. The predicted molar refractivity (Wildman–Crippen MR) is 156 cm³/mol. The Morgan fingerprint density at radius 2 is 1.55 bits per heavy atom. The Labute approximate surface area is 242 Å². The molecule has 0 fully saturated rings. The molecule has 4 aromatic carbocycles. The first-order valence-corrected chi connectivity index (χ1v) is 13.3. The molecule has 0 saturated heterocycles. The number of nitrogens with one attached hydrogen (secondary N) is 1. The van der Waals surface area contributed by atoms with Crippen molar-refractivity contribution in [2.24, 2.45) is 4.99 Å². The summed E-state index contributed by atoms with van der Waals surface area (Å²) in [6, 6.07) is 30.7. The molecule has 0 spiro atoms. The molecule has 1 aromatic heterocycles. The van der Waals surface area contributed by atoms with Crippen molar-refractivity contribution in [3.05, 3.63) is 131 Å². The molecular formula is C33H29N3O6. The summed E-state index contributed by atoms with van der Waals surface area (Å²) in [5.74, 6) is 0.127. The molecule has 0 unspecified atom stereocenters. The lowest BCUT2D eigenvalue weighted by atomic mass is 10.1. The molecule has 0 aliphatic carbocycles. The van der Waals surface area contributed by atoms with Crippen LogP contribution in [0.15, 0.2) is 113 Å². The van der Waals surface area contributed by atoms with Gasteiger partial charge in [0.1, 0.15) is 25.0 Å². The summed E-state index contributed by atoms with van der Waals surface area (Å²) in [6.07, 6.45) is -0.617. The lowest BCUT2D eigenvalue weighted by Crippen LogP contribution is -2.28. The molecule has 0 aliphatic heterocycles. The molecule has 0 radical (unpaired) electrons. The molecule has 0 aliphatic rings. The second kappa shape index (κ2) is 13.3. The van der Waals surface area contributed by atoms with Crippen LogP contribution in [0.1, 0.15) is 40.3 Å². The van der Waals surface area contributed by atoms with Gasteiger partial charge in [-0.3, -0.25) is 0 Å². The highest BCUT2D eigenvalue weighted by Crippen LogP contribution is 2.26. The third-order valence-corrected chi connectivity index (χ3v) is 6.33. The minimum Gasteiger partial charge on any atom is -0.489 e. The Morgan fingerprint density at radius 3 is 2.26 bits per heavy atom. The zero-order chi connectivity index (χ0) is 29.3. The fourth-order valence-corrected chi connectivity index (χ4v) is 4.15. The third kappa shape index (κ3) is 7.00. The first-order valence-electron chi connectivity index (χ1n) is 13.3. The van der Waals surface area contributed by atoms with E-state index < -0.39 is 18.1 Å². The maximum atomic E-state index is 12.7. The summed E-state index contributed by atoms with van der Waals surface area (Å²) in [7, 11) is 1.30. The van der Waals surface area contributed by atoms with Gasteiger partial charge >= 0.3 is 12.1 Å². The maximum absolute atomic E-state index is 12.7. The van der Waals surface area contributed by atoms with Crippen molar-refractivity contribution < 1.29 is 28.2 Å². The van der Waals surface area contributed by atoms with Crippen molar-refractivity contribution in [3.8, 4) is 5.75 Å². The average Bonchev–Trinajstić information content (AvgIpc) is 3.03. The van der Waals surface area contributed by atoms with Crippen molar-refractivity contribution in [1.82, 2.24) is 10.3 Å². The maximum Gasteiger partial charge on any atom is 0.408 e. The van der Waals surface area contributed by atoms with Crippen molar-refractivity contribution in [1.29, 1.82) is 0 Å². The Balaban J connectivity index is 1.43. The Bertz CT molecular complexity index is 1750. The minimum absolute atomic E-state index is 0.129. The Kier molecular flexibility index (Phi) is 8.88. The van der Waals surface area contributed by atoms with E-state index in [-0.39, 0.29) is 23.6 Å². The highest BCUT2D eigenvalue weighted by molar-refractivity contribution is 5.95. The van der Waals surface area contributed by atoms with Crippen molar-refractivity contribution in [2.45, 2.75) is 26.2 Å². The van der Waals surface area contributed by atoms with Crippen molar-refractivity contribution in [2.75, 3.05) is 7.11 Å². The van der Waals surface area contributed by atoms with E-state index in [1.165, 1.54) is 7.11 Å². The number of methoxy groups -OCH3 is 1. The van der Waals surface area contributed by atoms with Gasteiger partial charge in [-0.2, -0.15) is 0 Å². The summed E-state index contributed by atoms with van der Waals surface area (Å²) in [5.41, 5.74) is 3.20. The van der Waals surface area contributed by atoms with Gasteiger partial charge < -0.3 is 23.9 Å². The predicted octanol–water partition coefficient (Wildman–Crippen LogP) is 6.41. The molecule has 1 amide bonds. The molecular weight excluding hydrogens is 534 g/mol. The zero-order valence-corrected chi connectivity index (χ0v) is 23.2. The lowest BCUT2D eigenvalue weighted by molar-refractivity contribution is 0.0601. The topological polar surface area (TPSA) is 112 Å². The van der Waals surface area contributed by atoms with Crippen LogP contribution in [-0.4, -0.2) is 24.2 Å². The number of ether oxygens (including phenoxy) is 3. The van der Waals surface area contributed by atoms with Crippen LogP contribution in [0.3, 0.4) is 0 Å². The molecule has 1 atom stereocenters. The number of esters is 1. The summed E-state index contributed by atoms with van der Waals surface area (Å²) >= 11 is 0. The molecule has 5 aromatic rings. The first-order chi connectivity index (χ1) is 20.5. The highest BCUT2D eigenvalue weighted by atomic mass is 16.5. The lowest BCUT2D eigenvalue weighted by Gasteiger charge is -2.13. The van der Waals surface area contributed by atoms with E-state index in [0.29, 0.717) is 28.9 Å². The van der Waals surface area contributed by atoms with Gasteiger partial charge in [-0.1, -0.05) is 72.8 Å². The van der Waals surface area contributed by atoms with Crippen LogP contribution >= 0.6 is 0 Å². The van der Waals surface area contributed by atoms with E-state index in [0.717, 1.165) is 11.1 Å². The van der Waals surface area contributed by atoms with E-state index in [1.807, 2.05) is 84.9 Å². The number of aromatic nitrogens is 1. The highest BCUT2D eigenvalue weighted by Gasteiger charge is 2.18. The SMILES string of the molecule is COC(=O)c1cc(OCc2ccccc2)ccc1N=c1oc([C@H](C)NC(=O)OCc2ccccc2)nc2ccccc12. The largest absolute Gasteiger partial charge is 0.489 e. The normalized spacial score (nSPS) is 12.0. The molecule has 9 heteroatoms. The number of amides is 1. The van der Waals surface area contributed by atoms with Crippen LogP contribution < -0.4 is 15.6 Å². The molecule has 1 N–H and O–H groups in total. The van der Waals surface area contributed by atoms with Gasteiger partial charge in [-0.25, -0.2) is 19.6 Å². The van der Waals surface area contributed by atoms with Crippen LogP contribution in [0.4, 0.5) is 10.5 Å². The molecule has 0 saturated carbocycles. The van der Waals surface area contributed by atoms with Gasteiger partial charge in [0.25, 0.3) is 0 Å². The van der Waals surface area contributed by atoms with Gasteiger partial charge in [0.15, 0.2) is 0 Å². The number of nitrogens with zero attached hydrogens (tertiary/aromatic N) is 2. The average molecular weight is 564 g/mol. The van der Waals surface area contributed by atoms with Gasteiger partial charge in [-0.15, -0.1) is 0 Å². The molecule has 42 heavy (non-hydrogen) atoms. The number of hydrogen-bond donors (Lipinski definition) is 1. The molecule has 9 nitrogen and oxygen atoms in total. The summed E-state index contributed by atoms with van der Waals surface area (Å²) in [6.45, 7) is 2.20. The number of carbonyl (C=O) groups is 2. The van der Waals surface area contributed by atoms with E-state index in [1.54, 1.807) is 25.1 Å². The summed E-state index contributed by atoms with van der Waals surface area (Å²) < 4.78 is 22.4. The first kappa shape index (κ1) is 28.1. The molecule has 0 bridgehead atoms. The monoisotopic (exact) mass is 563 g/mol. The van der Waals surface area contributed by atoms with Crippen LogP contribution in [0.5, 0.6) is 5.75 Å². The number of fused-ring (bicyclic) bond motifs is 1. The number of para-hydroxylation sites is 1. The quantitative estimate of drug-likeness (QED) is 0.206. The smallest absolute Gasteiger partial charge is 0.408 e. The van der Waals surface area contributed by atoms with Gasteiger partial charge in [0.2, 0.25) is 11.4 Å². The summed E-state index contributed by atoms with van der Waals surface area (Å²) in [4.78, 5) is 34.5. The van der Waals surface area contributed by atoms with Crippen LogP contribution in [-0.2, 0) is 22.7 Å². The minimum atomic E-state index is -0.638. The van der Waals surface area contributed by atoms with Gasteiger partial charge in [0.05, 0.1) is 29.3 Å². The summed E-state index contributed by atoms with van der Waals surface area (Å²) in [5, 5.41) is 3.37. The second-order valence-electron chi connectivity index (χ2n) is 9.36. The van der Waals surface area contributed by atoms with Gasteiger partial charge in [-0.05, 0) is 48.4 Å². The van der Waals surface area contributed by atoms with E-state index in [4.69, 9.17) is 18.6 Å². The van der Waals surface area contributed by atoms with Crippen LogP contribution in [0.2, 0.25) is 0 Å².